The van der Waals surface area contributed by atoms with Crippen LogP contribution in [0.5, 0.6) is 0 Å². The van der Waals surface area contributed by atoms with Crippen LogP contribution in [0.1, 0.15) is 58.6 Å². The van der Waals surface area contributed by atoms with Gasteiger partial charge in [0.25, 0.3) is 5.91 Å². The van der Waals surface area contributed by atoms with E-state index in [0.29, 0.717) is 12.1 Å². The third-order valence-electron chi connectivity index (χ3n) is 6.80. The van der Waals surface area contributed by atoms with Gasteiger partial charge in [-0.05, 0) is 76.3 Å². The molecule has 4 aliphatic heterocycles. The number of ether oxygens (including phenoxy) is 1. The molecule has 0 bridgehead atoms. The molecule has 4 aliphatic rings. The summed E-state index contributed by atoms with van der Waals surface area (Å²) in [4.78, 5) is 17.8. The topological polar surface area (TPSA) is 53.6 Å². The molecule has 5 nitrogen and oxygen atoms in total. The molecule has 158 valence electrons. The quantitative estimate of drug-likeness (QED) is 0.730. The summed E-state index contributed by atoms with van der Waals surface area (Å²) >= 11 is 1.70. The summed E-state index contributed by atoms with van der Waals surface area (Å²) in [6.07, 6.45) is 7.80. The molecular formula is C20H31Cl2N3O2S. The van der Waals surface area contributed by atoms with Gasteiger partial charge >= 0.3 is 0 Å². The molecule has 2 N–H and O–H groups in total. The van der Waals surface area contributed by atoms with Gasteiger partial charge in [-0.2, -0.15) is 0 Å². The smallest absolute Gasteiger partial charge is 0.261 e. The van der Waals surface area contributed by atoms with Crippen molar-refractivity contribution in [3.63, 3.8) is 0 Å². The van der Waals surface area contributed by atoms with Crippen LogP contribution in [-0.2, 0) is 16.8 Å². The van der Waals surface area contributed by atoms with Crippen molar-refractivity contribution in [2.24, 2.45) is 0 Å². The molecule has 0 saturated carbocycles. The Labute approximate surface area is 183 Å². The molecule has 28 heavy (non-hydrogen) atoms. The normalized spacial score (nSPS) is 28.6. The maximum atomic E-state index is 13.0. The van der Waals surface area contributed by atoms with Gasteiger partial charge in [-0.15, -0.1) is 36.2 Å². The van der Waals surface area contributed by atoms with Crippen LogP contribution in [0.15, 0.2) is 6.07 Å². The molecule has 2 atom stereocenters. The van der Waals surface area contributed by atoms with Gasteiger partial charge < -0.3 is 15.4 Å². The van der Waals surface area contributed by atoms with Crippen LogP contribution in [0, 0.1) is 0 Å². The number of rotatable bonds is 2. The number of halogens is 2. The van der Waals surface area contributed by atoms with Crippen molar-refractivity contribution >= 4 is 42.1 Å². The summed E-state index contributed by atoms with van der Waals surface area (Å²) in [7, 11) is 0. The molecule has 1 amide bonds. The second kappa shape index (κ2) is 9.19. The van der Waals surface area contributed by atoms with Crippen LogP contribution < -0.4 is 10.6 Å². The van der Waals surface area contributed by atoms with Gasteiger partial charge in [0.2, 0.25) is 0 Å². The molecule has 3 saturated heterocycles. The highest BCUT2D eigenvalue weighted by atomic mass is 35.5. The minimum atomic E-state index is -0.152. The van der Waals surface area contributed by atoms with Gasteiger partial charge in [0.15, 0.2) is 0 Å². The van der Waals surface area contributed by atoms with Crippen LogP contribution in [0.25, 0.3) is 0 Å². The zero-order valence-electron chi connectivity index (χ0n) is 16.2. The Hall–Kier alpha value is -0.370. The maximum Gasteiger partial charge on any atom is 0.261 e. The number of hydrogen-bond acceptors (Lipinski definition) is 5. The molecule has 5 rings (SSSR count). The third-order valence-corrected chi connectivity index (χ3v) is 7.99. The van der Waals surface area contributed by atoms with Gasteiger partial charge in [-0.3, -0.25) is 9.69 Å². The van der Waals surface area contributed by atoms with E-state index >= 15 is 0 Å². The second-order valence-corrected chi connectivity index (χ2v) is 9.39. The SMILES string of the molecule is Cl.Cl.O=C(N[C@H]1CCCN2CCC[C@@H]12)c1cc2c(s1)CCOC21CCNCC1. The largest absolute Gasteiger partial charge is 0.370 e. The number of hydrogen-bond donors (Lipinski definition) is 2. The van der Waals surface area contributed by atoms with Crippen LogP contribution in [0.4, 0.5) is 0 Å². The Bertz CT molecular complexity index is 693. The van der Waals surface area contributed by atoms with Crippen molar-refractivity contribution < 1.29 is 9.53 Å². The Morgan fingerprint density at radius 2 is 1.96 bits per heavy atom. The standard InChI is InChI=1S/C20H29N3O2S.2ClH/c24-19(22-15-3-1-10-23-11-2-4-16(15)23)18-13-14-17(26-18)5-12-25-20(14)6-8-21-9-7-20;;/h13,15-16,21H,1-12H2,(H,22,24);2*1H/t15-,16-;;/m0../s1. The number of fused-ring (bicyclic) bond motifs is 3. The summed E-state index contributed by atoms with van der Waals surface area (Å²) < 4.78 is 6.26. The van der Waals surface area contributed by atoms with Crippen LogP contribution in [0.3, 0.4) is 0 Å². The van der Waals surface area contributed by atoms with Gasteiger partial charge in [-0.1, -0.05) is 0 Å². The Balaban J connectivity index is 0.00000112. The van der Waals surface area contributed by atoms with E-state index < -0.39 is 0 Å². The molecule has 0 radical (unpaired) electrons. The van der Waals surface area contributed by atoms with E-state index in [-0.39, 0.29) is 36.3 Å². The van der Waals surface area contributed by atoms with E-state index in [1.54, 1.807) is 11.3 Å². The first-order valence-corrected chi connectivity index (χ1v) is 11.1. The number of piperidine rings is 2. The third kappa shape index (κ3) is 3.96. The summed E-state index contributed by atoms with van der Waals surface area (Å²) in [5, 5.41) is 6.82. The summed E-state index contributed by atoms with van der Waals surface area (Å²) in [5.74, 6) is 0.132. The van der Waals surface area contributed by atoms with Crippen molar-refractivity contribution in [2.45, 2.75) is 62.6 Å². The second-order valence-electron chi connectivity index (χ2n) is 8.26. The zero-order valence-corrected chi connectivity index (χ0v) is 18.7. The summed E-state index contributed by atoms with van der Waals surface area (Å²) in [6.45, 7) is 5.19. The first-order valence-electron chi connectivity index (χ1n) is 10.3. The fourth-order valence-corrected chi connectivity index (χ4v) is 6.61. The van der Waals surface area contributed by atoms with E-state index in [4.69, 9.17) is 4.74 Å². The fourth-order valence-electron chi connectivity index (χ4n) is 5.47. The Morgan fingerprint density at radius 1 is 1.21 bits per heavy atom. The highest BCUT2D eigenvalue weighted by molar-refractivity contribution is 7.14. The number of carbonyl (C=O) groups is 1. The van der Waals surface area contributed by atoms with E-state index in [1.165, 1.54) is 42.8 Å². The summed E-state index contributed by atoms with van der Waals surface area (Å²) in [5.41, 5.74) is 1.15. The zero-order chi connectivity index (χ0) is 17.6. The Kier molecular flexibility index (Phi) is 7.32. The first-order chi connectivity index (χ1) is 12.8. The van der Waals surface area contributed by atoms with Crippen molar-refractivity contribution in [3.8, 4) is 0 Å². The number of thiophene rings is 1. The molecule has 0 unspecified atom stereocenters. The maximum absolute atomic E-state index is 13.0. The van der Waals surface area contributed by atoms with Crippen molar-refractivity contribution in [3.05, 3.63) is 21.4 Å². The van der Waals surface area contributed by atoms with Gasteiger partial charge in [0.05, 0.1) is 17.1 Å². The lowest BCUT2D eigenvalue weighted by Crippen LogP contribution is -2.52. The van der Waals surface area contributed by atoms with Crippen molar-refractivity contribution in [1.29, 1.82) is 0 Å². The van der Waals surface area contributed by atoms with Crippen LogP contribution in [-0.4, -0.2) is 55.7 Å². The number of nitrogens with one attached hydrogen (secondary N) is 2. The molecule has 0 aliphatic carbocycles. The number of carbonyl (C=O) groups excluding carboxylic acids is 1. The molecular weight excluding hydrogens is 417 g/mol. The highest BCUT2D eigenvalue weighted by Gasteiger charge is 2.41. The average Bonchev–Trinajstić information content (AvgIpc) is 3.31. The molecule has 8 heteroatoms. The van der Waals surface area contributed by atoms with Gasteiger partial charge in [-0.25, -0.2) is 0 Å². The van der Waals surface area contributed by atoms with E-state index in [0.717, 1.165) is 50.3 Å². The minimum absolute atomic E-state index is 0. The number of nitrogens with zero attached hydrogens (tertiary/aromatic N) is 1. The molecule has 0 aromatic carbocycles. The highest BCUT2D eigenvalue weighted by Crippen LogP contribution is 2.43. The molecule has 1 spiro atoms. The van der Waals surface area contributed by atoms with Gasteiger partial charge in [0, 0.05) is 23.4 Å². The van der Waals surface area contributed by atoms with Crippen molar-refractivity contribution in [2.75, 3.05) is 32.8 Å². The lowest BCUT2D eigenvalue weighted by Gasteiger charge is -2.40. The lowest BCUT2D eigenvalue weighted by atomic mass is 9.83. The first kappa shape index (κ1) is 22.3. The predicted octanol–water partition coefficient (Wildman–Crippen LogP) is 3.10. The lowest BCUT2D eigenvalue weighted by molar-refractivity contribution is -0.0792. The minimum Gasteiger partial charge on any atom is -0.370 e. The summed E-state index contributed by atoms with van der Waals surface area (Å²) in [6, 6.07) is 3.03. The fraction of sp³-hybridized carbons (Fsp3) is 0.750. The number of amides is 1. The molecule has 3 fully saturated rings. The van der Waals surface area contributed by atoms with E-state index in [9.17, 15) is 4.79 Å². The van der Waals surface area contributed by atoms with E-state index in [1.807, 2.05) is 0 Å². The predicted molar refractivity (Wildman–Crippen MR) is 117 cm³/mol. The molecule has 1 aromatic heterocycles. The van der Waals surface area contributed by atoms with Gasteiger partial charge in [0.1, 0.15) is 0 Å². The van der Waals surface area contributed by atoms with E-state index in [2.05, 4.69) is 21.6 Å². The molecule has 1 aromatic rings. The van der Waals surface area contributed by atoms with Crippen molar-refractivity contribution in [1.82, 2.24) is 15.5 Å². The average molecular weight is 448 g/mol. The van der Waals surface area contributed by atoms with Crippen LogP contribution >= 0.6 is 36.2 Å². The monoisotopic (exact) mass is 447 g/mol. The molecule has 5 heterocycles. The Morgan fingerprint density at radius 3 is 2.75 bits per heavy atom. The van der Waals surface area contributed by atoms with Crippen LogP contribution in [0.2, 0.25) is 0 Å².